The summed E-state index contributed by atoms with van der Waals surface area (Å²) < 4.78 is 32.5. The van der Waals surface area contributed by atoms with Crippen LogP contribution < -0.4 is 0 Å². The Balaban J connectivity index is 5.19. The minimum atomic E-state index is -0.794. The lowest BCUT2D eigenvalue weighted by Crippen LogP contribution is -2.42. The second-order valence-electron chi connectivity index (χ2n) is 9.68. The van der Waals surface area contributed by atoms with Gasteiger partial charge in [0.2, 0.25) is 0 Å². The zero-order valence-corrected chi connectivity index (χ0v) is 23.1. The van der Waals surface area contributed by atoms with Gasteiger partial charge in [-0.2, -0.15) is 0 Å². The van der Waals surface area contributed by atoms with Crippen LogP contribution in [0.5, 0.6) is 0 Å². The quantitative estimate of drug-likeness (QED) is 0.0824. The highest BCUT2D eigenvalue weighted by Crippen LogP contribution is 2.30. The Labute approximate surface area is 226 Å². The standard InChI is InChI=1S/C28H44O10/c1-7-24(30)36-16-10-13-33-20-28(19-23(29)27(4,5)6,21-34-14-11-17-37-25(31)8-2)22-35-15-12-18-38-26(32)9-3/h7-9H,1-3,10-22H2,4-6H3. The predicted molar refractivity (Wildman–Crippen MR) is 141 cm³/mol. The fraction of sp³-hybridized carbons (Fsp3) is 0.643. The monoisotopic (exact) mass is 540 g/mol. The van der Waals surface area contributed by atoms with Crippen molar-refractivity contribution in [3.63, 3.8) is 0 Å². The van der Waals surface area contributed by atoms with Crippen molar-refractivity contribution in [1.82, 2.24) is 0 Å². The van der Waals surface area contributed by atoms with Crippen molar-refractivity contribution in [2.75, 3.05) is 59.5 Å². The van der Waals surface area contributed by atoms with E-state index in [2.05, 4.69) is 19.7 Å². The smallest absolute Gasteiger partial charge is 0.330 e. The lowest BCUT2D eigenvalue weighted by Gasteiger charge is -2.34. The SMILES string of the molecule is C=CC(=O)OCCCOCC(COCCCOC(=O)C=C)(COCCCOC(=O)C=C)CC(=O)C(C)(C)C. The van der Waals surface area contributed by atoms with E-state index >= 15 is 0 Å². The molecule has 10 heteroatoms. The normalized spacial score (nSPS) is 11.3. The topological polar surface area (TPSA) is 124 Å². The van der Waals surface area contributed by atoms with E-state index < -0.39 is 28.7 Å². The molecule has 0 aromatic carbocycles. The van der Waals surface area contributed by atoms with Crippen molar-refractivity contribution in [2.45, 2.75) is 46.5 Å². The molecular weight excluding hydrogens is 496 g/mol. The molecule has 38 heavy (non-hydrogen) atoms. The second-order valence-corrected chi connectivity index (χ2v) is 9.68. The maximum absolute atomic E-state index is 13.0. The van der Waals surface area contributed by atoms with Crippen LogP contribution in [0, 0.1) is 10.8 Å². The van der Waals surface area contributed by atoms with E-state index in [1.54, 1.807) is 0 Å². The molecule has 10 nitrogen and oxygen atoms in total. The molecule has 0 spiro atoms. The molecule has 0 N–H and O–H groups in total. The van der Waals surface area contributed by atoms with E-state index in [1.807, 2.05) is 20.8 Å². The molecule has 0 unspecified atom stereocenters. The van der Waals surface area contributed by atoms with Crippen LogP contribution in [0.15, 0.2) is 38.0 Å². The van der Waals surface area contributed by atoms with Crippen molar-refractivity contribution in [1.29, 1.82) is 0 Å². The van der Waals surface area contributed by atoms with Crippen molar-refractivity contribution >= 4 is 23.7 Å². The van der Waals surface area contributed by atoms with Gasteiger partial charge in [-0.05, 0) is 0 Å². The molecule has 216 valence electrons. The molecule has 0 atom stereocenters. The molecule has 0 heterocycles. The molecule has 0 rings (SSSR count). The minimum absolute atomic E-state index is 0.0213. The van der Waals surface area contributed by atoms with Gasteiger partial charge in [0.05, 0.1) is 39.6 Å². The Morgan fingerprint density at radius 1 is 0.579 bits per heavy atom. The lowest BCUT2D eigenvalue weighted by atomic mass is 9.77. The average Bonchev–Trinajstić information content (AvgIpc) is 2.88. The fourth-order valence-electron chi connectivity index (χ4n) is 2.93. The van der Waals surface area contributed by atoms with Crippen LogP contribution in [0.25, 0.3) is 0 Å². The van der Waals surface area contributed by atoms with E-state index in [0.717, 1.165) is 18.2 Å². The molecule has 0 radical (unpaired) electrons. The Morgan fingerprint density at radius 2 is 0.895 bits per heavy atom. The van der Waals surface area contributed by atoms with E-state index in [-0.39, 0.29) is 51.8 Å². The Kier molecular flexibility index (Phi) is 18.7. The largest absolute Gasteiger partial charge is 0.462 e. The number of hydrogen-bond donors (Lipinski definition) is 0. The van der Waals surface area contributed by atoms with Crippen LogP contribution >= 0.6 is 0 Å². The Bertz CT molecular complexity index is 687. The van der Waals surface area contributed by atoms with Crippen molar-refractivity contribution in [3.8, 4) is 0 Å². The second kappa shape index (κ2) is 20.2. The number of carbonyl (C=O) groups is 4. The molecule has 0 fully saturated rings. The summed E-state index contributed by atoms with van der Waals surface area (Å²) in [5.41, 5.74) is -1.38. The fourth-order valence-corrected chi connectivity index (χ4v) is 2.93. The van der Waals surface area contributed by atoms with Gasteiger partial charge in [0, 0.05) is 74.6 Å². The maximum atomic E-state index is 13.0. The number of ketones is 1. The van der Waals surface area contributed by atoms with E-state index in [4.69, 9.17) is 28.4 Å². The predicted octanol–water partition coefficient (Wildman–Crippen LogP) is 3.39. The van der Waals surface area contributed by atoms with Gasteiger partial charge in [0.15, 0.2) is 0 Å². The molecular formula is C28H44O10. The van der Waals surface area contributed by atoms with Gasteiger partial charge < -0.3 is 28.4 Å². The first kappa shape index (κ1) is 35.2. The molecule has 0 aromatic rings. The number of hydrogen-bond acceptors (Lipinski definition) is 10. The third-order valence-corrected chi connectivity index (χ3v) is 5.13. The summed E-state index contributed by atoms with van der Waals surface area (Å²) in [7, 11) is 0. The first-order chi connectivity index (χ1) is 18.0. The van der Waals surface area contributed by atoms with Crippen molar-refractivity contribution < 1.29 is 47.6 Å². The summed E-state index contributed by atoms with van der Waals surface area (Å²) >= 11 is 0. The van der Waals surface area contributed by atoms with Crippen molar-refractivity contribution in [2.24, 2.45) is 10.8 Å². The molecule has 0 aliphatic heterocycles. The zero-order chi connectivity index (χ0) is 28.9. The van der Waals surface area contributed by atoms with Crippen LogP contribution in [-0.4, -0.2) is 83.2 Å². The van der Waals surface area contributed by atoms with E-state index in [0.29, 0.717) is 39.1 Å². The molecule has 0 bridgehead atoms. The highest BCUT2D eigenvalue weighted by Gasteiger charge is 2.37. The van der Waals surface area contributed by atoms with Gasteiger partial charge in [-0.15, -0.1) is 0 Å². The summed E-state index contributed by atoms with van der Waals surface area (Å²) in [6.07, 6.45) is 4.83. The summed E-state index contributed by atoms with van der Waals surface area (Å²) in [5, 5.41) is 0. The van der Waals surface area contributed by atoms with E-state index in [9.17, 15) is 19.2 Å². The Morgan fingerprint density at radius 3 is 1.16 bits per heavy atom. The number of carbonyl (C=O) groups excluding carboxylic acids is 4. The van der Waals surface area contributed by atoms with Gasteiger partial charge >= 0.3 is 17.9 Å². The third kappa shape index (κ3) is 17.6. The molecule has 0 amide bonds. The summed E-state index contributed by atoms with van der Waals surface area (Å²) in [4.78, 5) is 46.6. The van der Waals surface area contributed by atoms with Crippen LogP contribution in [-0.2, 0) is 47.6 Å². The molecule has 0 saturated carbocycles. The third-order valence-electron chi connectivity index (χ3n) is 5.13. The minimum Gasteiger partial charge on any atom is -0.462 e. The number of ether oxygens (including phenoxy) is 6. The van der Waals surface area contributed by atoms with Gasteiger partial charge in [-0.1, -0.05) is 40.5 Å². The number of esters is 3. The highest BCUT2D eigenvalue weighted by atomic mass is 16.5. The summed E-state index contributed by atoms with van der Waals surface area (Å²) in [5.74, 6) is -1.49. The van der Waals surface area contributed by atoms with Gasteiger partial charge in [-0.25, -0.2) is 14.4 Å². The maximum Gasteiger partial charge on any atom is 0.330 e. The number of rotatable bonds is 23. The first-order valence-electron chi connectivity index (χ1n) is 12.6. The number of Topliss-reactive ketones (excluding diaryl/α,β-unsaturated/α-hetero) is 1. The van der Waals surface area contributed by atoms with Crippen LogP contribution in [0.2, 0.25) is 0 Å². The average molecular weight is 541 g/mol. The highest BCUT2D eigenvalue weighted by molar-refractivity contribution is 5.84. The molecule has 0 saturated heterocycles. The van der Waals surface area contributed by atoms with Crippen molar-refractivity contribution in [3.05, 3.63) is 38.0 Å². The Hall–Kier alpha value is -2.82. The van der Waals surface area contributed by atoms with Gasteiger partial charge in [0.1, 0.15) is 5.78 Å². The van der Waals surface area contributed by atoms with E-state index in [1.165, 1.54) is 0 Å². The molecule has 0 aliphatic carbocycles. The van der Waals surface area contributed by atoms with Crippen LogP contribution in [0.3, 0.4) is 0 Å². The van der Waals surface area contributed by atoms with Gasteiger partial charge in [-0.3, -0.25) is 4.79 Å². The summed E-state index contributed by atoms with van der Waals surface area (Å²) in [6.45, 7) is 17.5. The lowest BCUT2D eigenvalue weighted by molar-refractivity contribution is -0.140. The zero-order valence-electron chi connectivity index (χ0n) is 23.1. The molecule has 0 aromatic heterocycles. The van der Waals surface area contributed by atoms with Crippen LogP contribution in [0.4, 0.5) is 0 Å². The first-order valence-corrected chi connectivity index (χ1v) is 12.6. The summed E-state index contributed by atoms with van der Waals surface area (Å²) in [6, 6.07) is 0. The van der Waals surface area contributed by atoms with Crippen LogP contribution in [0.1, 0.15) is 46.5 Å². The van der Waals surface area contributed by atoms with Gasteiger partial charge in [0.25, 0.3) is 0 Å². The molecule has 0 aliphatic rings.